The van der Waals surface area contributed by atoms with Crippen LogP contribution in [0.25, 0.3) is 0 Å². The van der Waals surface area contributed by atoms with E-state index in [4.69, 9.17) is 0 Å². The smallest absolute Gasteiger partial charge is 0.224 e. The lowest BCUT2D eigenvalue weighted by atomic mass is 10.1. The first-order valence-corrected chi connectivity index (χ1v) is 5.45. The van der Waals surface area contributed by atoms with Crippen LogP contribution >= 0.6 is 0 Å². The van der Waals surface area contributed by atoms with E-state index in [0.717, 1.165) is 0 Å². The molecular weight excluding hydrogens is 186 g/mol. The van der Waals surface area contributed by atoms with Gasteiger partial charge in [-0.15, -0.1) is 6.58 Å². The molecule has 1 aliphatic rings. The van der Waals surface area contributed by atoms with Crippen molar-refractivity contribution in [3.63, 3.8) is 0 Å². The van der Waals surface area contributed by atoms with Gasteiger partial charge in [0.05, 0.1) is 5.92 Å². The van der Waals surface area contributed by atoms with Crippen molar-refractivity contribution in [3.8, 4) is 0 Å². The molecule has 2 heteroatoms. The number of hydrogen-bond donors (Lipinski definition) is 1. The van der Waals surface area contributed by atoms with Crippen molar-refractivity contribution in [2.45, 2.75) is 27.7 Å². The molecule has 1 N–H and O–H groups in total. The molecule has 1 rings (SSSR count). The van der Waals surface area contributed by atoms with E-state index in [2.05, 4.69) is 45.7 Å². The number of nitrogens with one attached hydrogen (secondary N) is 1. The van der Waals surface area contributed by atoms with Gasteiger partial charge in [-0.3, -0.25) is 4.79 Å². The van der Waals surface area contributed by atoms with Gasteiger partial charge in [0.1, 0.15) is 0 Å². The normalized spacial score (nSPS) is 26.7. The number of amides is 1. The monoisotopic (exact) mass is 207 g/mol. The minimum Gasteiger partial charge on any atom is -0.352 e. The third-order valence-electron chi connectivity index (χ3n) is 3.13. The zero-order chi connectivity index (χ0) is 11.6. The molecule has 0 aromatic rings. The van der Waals surface area contributed by atoms with Crippen molar-refractivity contribution in [1.29, 1.82) is 0 Å². The van der Waals surface area contributed by atoms with E-state index in [1.54, 1.807) is 6.08 Å². The average molecular weight is 207 g/mol. The first-order valence-electron chi connectivity index (χ1n) is 5.45. The second-order valence-electron chi connectivity index (χ2n) is 5.10. The summed E-state index contributed by atoms with van der Waals surface area (Å²) in [5.41, 5.74) is 1.40. The Morgan fingerprint density at radius 1 is 1.47 bits per heavy atom. The summed E-state index contributed by atoms with van der Waals surface area (Å²) in [4.78, 5) is 11.8. The Hall–Kier alpha value is -1.05. The van der Waals surface area contributed by atoms with E-state index in [1.807, 2.05) is 0 Å². The van der Waals surface area contributed by atoms with Crippen LogP contribution in [0.4, 0.5) is 0 Å². The molecule has 1 aliphatic carbocycles. The fraction of sp³-hybridized carbons (Fsp3) is 0.615. The molecule has 1 amide bonds. The predicted octanol–water partition coefficient (Wildman–Crippen LogP) is 2.53. The highest BCUT2D eigenvalue weighted by Crippen LogP contribution is 2.59. The minimum absolute atomic E-state index is 0.114. The summed E-state index contributed by atoms with van der Waals surface area (Å²) in [6, 6.07) is 0. The summed E-state index contributed by atoms with van der Waals surface area (Å²) in [5.74, 6) is 0.682. The number of carbonyl (C=O) groups excluding carboxylic acids is 1. The summed E-state index contributed by atoms with van der Waals surface area (Å²) in [7, 11) is 0. The van der Waals surface area contributed by atoms with Gasteiger partial charge in [0.15, 0.2) is 0 Å². The molecule has 0 saturated heterocycles. The van der Waals surface area contributed by atoms with Crippen LogP contribution in [0.2, 0.25) is 0 Å². The molecule has 0 aliphatic heterocycles. The summed E-state index contributed by atoms with van der Waals surface area (Å²) < 4.78 is 0. The highest BCUT2D eigenvalue weighted by Gasteiger charge is 2.60. The maximum Gasteiger partial charge on any atom is 0.224 e. The van der Waals surface area contributed by atoms with Crippen LogP contribution < -0.4 is 5.32 Å². The largest absolute Gasteiger partial charge is 0.352 e. The van der Waals surface area contributed by atoms with Gasteiger partial charge in [-0.05, 0) is 25.2 Å². The van der Waals surface area contributed by atoms with Gasteiger partial charge in [0.2, 0.25) is 5.91 Å². The van der Waals surface area contributed by atoms with E-state index in [9.17, 15) is 4.79 Å². The molecule has 0 heterocycles. The van der Waals surface area contributed by atoms with Crippen LogP contribution in [0.3, 0.4) is 0 Å². The van der Waals surface area contributed by atoms with Crippen LogP contribution in [-0.4, -0.2) is 12.5 Å². The van der Waals surface area contributed by atoms with Crippen molar-refractivity contribution in [1.82, 2.24) is 5.32 Å². The molecule has 0 aromatic carbocycles. The maximum atomic E-state index is 11.8. The molecule has 84 valence electrons. The van der Waals surface area contributed by atoms with Crippen molar-refractivity contribution in [2.75, 3.05) is 6.54 Å². The zero-order valence-corrected chi connectivity index (χ0v) is 10.1. The van der Waals surface area contributed by atoms with E-state index < -0.39 is 0 Å². The van der Waals surface area contributed by atoms with Gasteiger partial charge >= 0.3 is 0 Å². The Labute approximate surface area is 92.4 Å². The topological polar surface area (TPSA) is 29.1 Å². The highest BCUT2D eigenvalue weighted by atomic mass is 16.2. The second-order valence-corrected chi connectivity index (χ2v) is 5.10. The molecule has 0 radical (unpaired) electrons. The molecule has 2 atom stereocenters. The molecule has 0 aromatic heterocycles. The van der Waals surface area contributed by atoms with Crippen LogP contribution in [0.1, 0.15) is 27.7 Å². The van der Waals surface area contributed by atoms with Crippen molar-refractivity contribution in [3.05, 3.63) is 24.3 Å². The fourth-order valence-corrected chi connectivity index (χ4v) is 2.13. The fourth-order valence-electron chi connectivity index (χ4n) is 2.13. The minimum atomic E-state index is 0.114. The van der Waals surface area contributed by atoms with Crippen molar-refractivity contribution < 1.29 is 4.79 Å². The summed E-state index contributed by atoms with van der Waals surface area (Å²) >= 11 is 0. The molecule has 1 saturated carbocycles. The first kappa shape index (κ1) is 12.0. The first-order chi connectivity index (χ1) is 6.91. The van der Waals surface area contributed by atoms with Gasteiger partial charge in [0.25, 0.3) is 0 Å². The number of hydrogen-bond acceptors (Lipinski definition) is 1. The summed E-state index contributed by atoms with van der Waals surface area (Å²) in [6.07, 6.45) is 3.92. The molecular formula is C13H21NO. The van der Waals surface area contributed by atoms with Crippen LogP contribution in [0.5, 0.6) is 0 Å². The van der Waals surface area contributed by atoms with Gasteiger partial charge < -0.3 is 5.32 Å². The third-order valence-corrected chi connectivity index (χ3v) is 3.13. The molecule has 0 bridgehead atoms. The van der Waals surface area contributed by atoms with E-state index in [0.29, 0.717) is 12.5 Å². The predicted molar refractivity (Wildman–Crippen MR) is 63.4 cm³/mol. The maximum absolute atomic E-state index is 11.8. The Balaban J connectivity index is 2.61. The lowest BCUT2D eigenvalue weighted by Crippen LogP contribution is -2.26. The summed E-state index contributed by atoms with van der Waals surface area (Å²) in [5, 5.41) is 2.87. The van der Waals surface area contributed by atoms with Gasteiger partial charge in [0, 0.05) is 6.54 Å². The van der Waals surface area contributed by atoms with E-state index in [1.165, 1.54) is 5.57 Å². The Kier molecular flexibility index (Phi) is 3.38. The third kappa shape index (κ3) is 2.49. The van der Waals surface area contributed by atoms with Crippen molar-refractivity contribution in [2.24, 2.45) is 17.3 Å². The lowest BCUT2D eigenvalue weighted by Gasteiger charge is -2.02. The van der Waals surface area contributed by atoms with Gasteiger partial charge in [-0.1, -0.05) is 31.6 Å². The van der Waals surface area contributed by atoms with E-state index >= 15 is 0 Å². The highest BCUT2D eigenvalue weighted by molar-refractivity contribution is 5.83. The standard InChI is InChI=1S/C13H21NO/c1-6-7-14-12(15)11-10(8-9(2)3)13(11,4)5/h6,8,10-11H,1,7H2,2-5H3,(H,14,15)/t10-,11+/m0/s1. The number of rotatable bonds is 4. The lowest BCUT2D eigenvalue weighted by molar-refractivity contribution is -0.122. The summed E-state index contributed by atoms with van der Waals surface area (Å²) in [6.45, 7) is 12.6. The van der Waals surface area contributed by atoms with Gasteiger partial charge in [-0.2, -0.15) is 0 Å². The Bertz CT molecular complexity index is 298. The molecule has 15 heavy (non-hydrogen) atoms. The molecule has 0 unspecified atom stereocenters. The Morgan fingerprint density at radius 3 is 2.53 bits per heavy atom. The molecule has 0 spiro atoms. The van der Waals surface area contributed by atoms with E-state index in [-0.39, 0.29) is 17.2 Å². The van der Waals surface area contributed by atoms with Crippen LogP contribution in [0.15, 0.2) is 24.3 Å². The van der Waals surface area contributed by atoms with Gasteiger partial charge in [-0.25, -0.2) is 0 Å². The molecule has 2 nitrogen and oxygen atoms in total. The number of carbonyl (C=O) groups is 1. The van der Waals surface area contributed by atoms with Crippen LogP contribution in [0, 0.1) is 17.3 Å². The molecule has 1 fully saturated rings. The van der Waals surface area contributed by atoms with Crippen LogP contribution in [-0.2, 0) is 4.79 Å². The second kappa shape index (κ2) is 4.21. The quantitative estimate of drug-likeness (QED) is 0.705. The van der Waals surface area contributed by atoms with Crippen molar-refractivity contribution >= 4 is 5.91 Å². The average Bonchev–Trinajstić information content (AvgIpc) is 2.63. The zero-order valence-electron chi connectivity index (χ0n) is 10.1. The number of allylic oxidation sites excluding steroid dienone is 2. The SMILES string of the molecule is C=CCNC(=O)[C@H]1[C@H](C=C(C)C)C1(C)C. The Morgan fingerprint density at radius 2 is 2.07 bits per heavy atom.